The normalized spacial score (nSPS) is 11.6. The van der Waals surface area contributed by atoms with E-state index in [0.717, 1.165) is 17.7 Å². The number of hydrogen-bond acceptors (Lipinski definition) is 3. The van der Waals surface area contributed by atoms with Crippen molar-refractivity contribution in [3.8, 4) is 5.75 Å². The topological polar surface area (TPSA) is 74.5 Å². The van der Waals surface area contributed by atoms with Gasteiger partial charge in [0.1, 0.15) is 11.6 Å². The Hall–Kier alpha value is -3.94. The van der Waals surface area contributed by atoms with Crippen molar-refractivity contribution in [3.05, 3.63) is 95.1 Å². The van der Waals surface area contributed by atoms with Gasteiger partial charge in [-0.15, -0.1) is 0 Å². The maximum atomic E-state index is 13.1. The number of phenols is 1. The average molecular weight is 454 g/mol. The number of aliphatic carboxylic acids is 1. The summed E-state index contributed by atoms with van der Waals surface area (Å²) in [5.41, 5.74) is 1.79. The molecule has 0 spiro atoms. The van der Waals surface area contributed by atoms with E-state index in [2.05, 4.69) is 5.32 Å². The molecule has 0 aliphatic rings. The molecule has 0 radical (unpaired) electrons. The fourth-order valence-electron chi connectivity index (χ4n) is 3.92. The molecular weight excluding hydrogens is 433 g/mol. The van der Waals surface area contributed by atoms with Crippen LogP contribution in [0.2, 0.25) is 0 Å². The van der Waals surface area contributed by atoms with Gasteiger partial charge in [-0.1, -0.05) is 42.5 Å². The number of benzene rings is 3. The number of anilines is 1. The van der Waals surface area contributed by atoms with Crippen LogP contribution in [0.4, 0.5) is 19.0 Å². The summed E-state index contributed by atoms with van der Waals surface area (Å²) in [6.07, 6.45) is -4.77. The van der Waals surface area contributed by atoms with Crippen molar-refractivity contribution in [2.24, 2.45) is 0 Å². The highest BCUT2D eigenvalue weighted by atomic mass is 19.4. The van der Waals surface area contributed by atoms with Crippen LogP contribution in [-0.4, -0.2) is 20.7 Å². The predicted molar refractivity (Wildman–Crippen MR) is 119 cm³/mol. The summed E-state index contributed by atoms with van der Waals surface area (Å²) in [6, 6.07) is 19.3. The van der Waals surface area contributed by atoms with Gasteiger partial charge in [0.2, 0.25) is 0 Å². The van der Waals surface area contributed by atoms with Crippen molar-refractivity contribution in [1.29, 1.82) is 0 Å². The number of carbonyl (C=O) groups is 1. The number of nitrogens with one attached hydrogen (secondary N) is 1. The van der Waals surface area contributed by atoms with Crippen LogP contribution in [0.15, 0.2) is 72.8 Å². The molecule has 8 heteroatoms. The summed E-state index contributed by atoms with van der Waals surface area (Å²) in [4.78, 5) is 11.6. The molecule has 33 heavy (non-hydrogen) atoms. The highest BCUT2D eigenvalue weighted by molar-refractivity contribution is 5.94. The van der Waals surface area contributed by atoms with Gasteiger partial charge < -0.3 is 20.1 Å². The minimum atomic E-state index is -4.45. The second-order valence-corrected chi connectivity index (χ2v) is 7.72. The molecule has 4 aromatic rings. The number of carboxylic acids is 1. The number of rotatable bonds is 7. The summed E-state index contributed by atoms with van der Waals surface area (Å²) in [6.45, 7) is 0.473. The molecule has 3 N–H and O–H groups in total. The highest BCUT2D eigenvalue weighted by Gasteiger charge is 2.30. The Morgan fingerprint density at radius 2 is 1.67 bits per heavy atom. The smallest absolute Gasteiger partial charge is 0.416 e. The van der Waals surface area contributed by atoms with Crippen molar-refractivity contribution >= 4 is 22.7 Å². The molecule has 1 aromatic heterocycles. The first-order chi connectivity index (χ1) is 15.7. The molecule has 170 valence electrons. The van der Waals surface area contributed by atoms with E-state index in [1.165, 1.54) is 18.2 Å². The summed E-state index contributed by atoms with van der Waals surface area (Å²) < 4.78 is 41.2. The van der Waals surface area contributed by atoms with Gasteiger partial charge in [0.05, 0.1) is 17.5 Å². The van der Waals surface area contributed by atoms with E-state index in [-0.39, 0.29) is 18.7 Å². The zero-order valence-corrected chi connectivity index (χ0v) is 17.4. The van der Waals surface area contributed by atoms with Gasteiger partial charge in [0.25, 0.3) is 0 Å². The fourth-order valence-corrected chi connectivity index (χ4v) is 3.92. The third kappa shape index (κ3) is 4.95. The Morgan fingerprint density at radius 1 is 0.939 bits per heavy atom. The number of fused-ring (bicyclic) bond motifs is 1. The number of aromatic nitrogens is 1. The lowest BCUT2D eigenvalue weighted by molar-refractivity contribution is -0.138. The average Bonchev–Trinajstić information content (AvgIpc) is 3.04. The van der Waals surface area contributed by atoms with Crippen molar-refractivity contribution in [2.75, 3.05) is 5.32 Å². The largest absolute Gasteiger partial charge is 0.508 e. The standard InChI is InChI=1S/C25H21F3N2O3/c26-25(27,28)18-8-4-7-17(11-18)14-29-24-21(13-23(32)33)20-12-19(31)9-10-22(20)30(24)15-16-5-2-1-3-6-16/h1-12,29,31H,13-15H2,(H,32,33). The molecular formula is C25H21F3N2O3. The molecule has 0 unspecified atom stereocenters. The van der Waals surface area contributed by atoms with Crippen LogP contribution < -0.4 is 5.32 Å². The number of nitrogens with zero attached hydrogens (tertiary/aromatic N) is 1. The van der Waals surface area contributed by atoms with E-state index in [0.29, 0.717) is 34.4 Å². The van der Waals surface area contributed by atoms with Gasteiger partial charge in [-0.05, 0) is 41.5 Å². The molecule has 5 nitrogen and oxygen atoms in total. The zero-order chi connectivity index (χ0) is 23.6. The zero-order valence-electron chi connectivity index (χ0n) is 17.4. The van der Waals surface area contributed by atoms with Crippen molar-refractivity contribution in [2.45, 2.75) is 25.7 Å². The van der Waals surface area contributed by atoms with Crippen LogP contribution in [0, 0.1) is 0 Å². The molecule has 0 aliphatic carbocycles. The summed E-state index contributed by atoms with van der Waals surface area (Å²) in [5.74, 6) is -0.575. The lowest BCUT2D eigenvalue weighted by Gasteiger charge is -2.15. The first-order valence-corrected chi connectivity index (χ1v) is 10.2. The van der Waals surface area contributed by atoms with E-state index in [4.69, 9.17) is 0 Å². The first kappa shape index (κ1) is 22.3. The molecule has 0 atom stereocenters. The number of phenolic OH excluding ortho intramolecular Hbond substituents is 1. The van der Waals surface area contributed by atoms with Gasteiger partial charge >= 0.3 is 12.1 Å². The number of carboxylic acid groups (broad SMARTS) is 1. The molecule has 0 saturated heterocycles. The van der Waals surface area contributed by atoms with Crippen LogP contribution in [0.3, 0.4) is 0 Å². The molecule has 0 bridgehead atoms. The molecule has 0 fully saturated rings. The third-order valence-corrected chi connectivity index (χ3v) is 5.38. The molecule has 0 amide bonds. The Bertz CT molecular complexity index is 1300. The van der Waals surface area contributed by atoms with Crippen LogP contribution in [-0.2, 0) is 30.5 Å². The maximum absolute atomic E-state index is 13.1. The number of hydrogen-bond donors (Lipinski definition) is 3. The fraction of sp³-hybridized carbons (Fsp3) is 0.160. The van der Waals surface area contributed by atoms with E-state index in [1.54, 1.807) is 12.1 Å². The van der Waals surface area contributed by atoms with Gasteiger partial charge in [-0.3, -0.25) is 4.79 Å². The highest BCUT2D eigenvalue weighted by Crippen LogP contribution is 2.35. The van der Waals surface area contributed by atoms with Crippen LogP contribution in [0.1, 0.15) is 22.3 Å². The van der Waals surface area contributed by atoms with Crippen molar-refractivity contribution in [1.82, 2.24) is 4.57 Å². The SMILES string of the molecule is O=C(O)Cc1c(NCc2cccc(C(F)(F)F)c2)n(Cc2ccccc2)c2ccc(O)cc12. The van der Waals surface area contributed by atoms with Crippen molar-refractivity contribution < 1.29 is 28.2 Å². The quantitative estimate of drug-likeness (QED) is 0.337. The second kappa shape index (κ2) is 8.90. The van der Waals surface area contributed by atoms with Gasteiger partial charge in [-0.2, -0.15) is 13.2 Å². The van der Waals surface area contributed by atoms with Crippen molar-refractivity contribution in [3.63, 3.8) is 0 Å². The van der Waals surface area contributed by atoms with Gasteiger partial charge in [0.15, 0.2) is 0 Å². The lowest BCUT2D eigenvalue weighted by atomic mass is 10.1. The van der Waals surface area contributed by atoms with Gasteiger partial charge in [-0.25, -0.2) is 0 Å². The lowest BCUT2D eigenvalue weighted by Crippen LogP contribution is -2.12. The number of halogens is 3. The number of alkyl halides is 3. The van der Waals surface area contributed by atoms with Crippen LogP contribution >= 0.6 is 0 Å². The second-order valence-electron chi connectivity index (χ2n) is 7.72. The summed E-state index contributed by atoms with van der Waals surface area (Å²) in [7, 11) is 0. The van der Waals surface area contributed by atoms with E-state index in [1.807, 2.05) is 34.9 Å². The Balaban J connectivity index is 1.79. The van der Waals surface area contributed by atoms with Crippen LogP contribution in [0.25, 0.3) is 10.9 Å². The monoisotopic (exact) mass is 454 g/mol. The third-order valence-electron chi connectivity index (χ3n) is 5.38. The Kier molecular flexibility index (Phi) is 6.00. The molecule has 3 aromatic carbocycles. The number of aromatic hydroxyl groups is 1. The molecule has 0 saturated carbocycles. The van der Waals surface area contributed by atoms with E-state index in [9.17, 15) is 28.2 Å². The van der Waals surface area contributed by atoms with E-state index >= 15 is 0 Å². The minimum absolute atomic E-state index is 0.00423. The molecule has 0 aliphatic heterocycles. The molecule has 4 rings (SSSR count). The summed E-state index contributed by atoms with van der Waals surface area (Å²) in [5, 5.41) is 23.2. The predicted octanol–water partition coefficient (Wildman–Crippen LogP) is 5.65. The minimum Gasteiger partial charge on any atom is -0.508 e. The Morgan fingerprint density at radius 3 is 2.36 bits per heavy atom. The summed E-state index contributed by atoms with van der Waals surface area (Å²) >= 11 is 0. The first-order valence-electron chi connectivity index (χ1n) is 10.2. The Labute approximate surface area is 187 Å². The van der Waals surface area contributed by atoms with Gasteiger partial charge in [0, 0.05) is 24.0 Å². The maximum Gasteiger partial charge on any atom is 0.416 e. The molecule has 1 heterocycles. The van der Waals surface area contributed by atoms with E-state index < -0.39 is 17.7 Å². The van der Waals surface area contributed by atoms with Crippen LogP contribution in [0.5, 0.6) is 5.75 Å².